The largest absolute Gasteiger partial charge is 0.548 e. The first-order valence-electron chi connectivity index (χ1n) is 9.39. The molecule has 1 aliphatic rings. The first-order chi connectivity index (χ1) is 14.2. The third-order valence-electron chi connectivity index (χ3n) is 5.14. The number of para-hydroxylation sites is 2. The minimum atomic E-state index is -1.44. The summed E-state index contributed by atoms with van der Waals surface area (Å²) in [6.07, 6.45) is -1.21. The zero-order chi connectivity index (χ0) is 22.1. The topological polar surface area (TPSA) is 116 Å². The number of carbonyl (C=O) groups is 3. The van der Waals surface area contributed by atoms with Gasteiger partial charge >= 0.3 is 12.1 Å². The minimum absolute atomic E-state index is 0.403. The molecule has 0 bridgehead atoms. The smallest absolute Gasteiger partial charge is 0.347 e. The number of hydroxylamine groups is 2. The summed E-state index contributed by atoms with van der Waals surface area (Å²) in [7, 11) is 0. The molecule has 1 aliphatic heterocycles. The Morgan fingerprint density at radius 2 is 1.63 bits per heavy atom. The van der Waals surface area contributed by atoms with Gasteiger partial charge in [0.1, 0.15) is 0 Å². The van der Waals surface area contributed by atoms with E-state index in [0.29, 0.717) is 16.4 Å². The van der Waals surface area contributed by atoms with Crippen LogP contribution >= 0.6 is 0 Å². The van der Waals surface area contributed by atoms with E-state index in [4.69, 9.17) is 0 Å². The number of rotatable bonds is 5. The summed E-state index contributed by atoms with van der Waals surface area (Å²) in [6, 6.07) is 14.1. The van der Waals surface area contributed by atoms with Crippen molar-refractivity contribution in [3.05, 3.63) is 60.7 Å². The molecule has 1 heterocycles. The Morgan fingerprint density at radius 1 is 1.10 bits per heavy atom. The number of carboxylic acid groups (broad SMARTS) is 1. The number of aliphatic carboxylic acids is 1. The fourth-order valence-corrected chi connectivity index (χ4v) is 3.74. The van der Waals surface area contributed by atoms with E-state index in [-0.39, 0.29) is 0 Å². The second kappa shape index (κ2) is 8.03. The lowest BCUT2D eigenvalue weighted by Gasteiger charge is -2.40. The molecule has 4 amide bonds. The lowest BCUT2D eigenvalue weighted by Crippen LogP contribution is -2.60. The van der Waals surface area contributed by atoms with Gasteiger partial charge in [-0.3, -0.25) is 10.1 Å². The van der Waals surface area contributed by atoms with Gasteiger partial charge < -0.3 is 20.1 Å². The van der Waals surface area contributed by atoms with Crippen LogP contribution in [0.4, 0.5) is 21.0 Å². The van der Waals surface area contributed by atoms with Crippen LogP contribution in [0.5, 0.6) is 0 Å². The number of urea groups is 2. The van der Waals surface area contributed by atoms with E-state index in [1.807, 2.05) is 0 Å². The molecule has 2 aromatic carbocycles. The van der Waals surface area contributed by atoms with Crippen LogP contribution in [0.2, 0.25) is 0 Å². The van der Waals surface area contributed by atoms with E-state index >= 15 is 0 Å². The van der Waals surface area contributed by atoms with E-state index < -0.39 is 35.8 Å². The van der Waals surface area contributed by atoms with Crippen molar-refractivity contribution < 1.29 is 24.7 Å². The highest BCUT2D eigenvalue weighted by Gasteiger charge is 2.57. The predicted molar refractivity (Wildman–Crippen MR) is 108 cm³/mol. The zero-order valence-corrected chi connectivity index (χ0v) is 16.9. The van der Waals surface area contributed by atoms with E-state index in [0.717, 1.165) is 4.90 Å². The molecule has 0 aromatic heterocycles. The highest BCUT2D eigenvalue weighted by Crippen LogP contribution is 2.39. The summed E-state index contributed by atoms with van der Waals surface area (Å²) >= 11 is 0. The van der Waals surface area contributed by atoms with E-state index in [2.05, 4.69) is 5.32 Å². The van der Waals surface area contributed by atoms with Crippen molar-refractivity contribution in [2.75, 3.05) is 10.2 Å². The molecule has 0 radical (unpaired) electrons. The normalized spacial score (nSPS) is 18.8. The van der Waals surface area contributed by atoms with Gasteiger partial charge in [-0.1, -0.05) is 36.4 Å². The van der Waals surface area contributed by atoms with Crippen LogP contribution in [-0.2, 0) is 4.79 Å². The molecule has 0 aliphatic carbocycles. The average Bonchev–Trinajstić information content (AvgIpc) is 2.93. The highest BCUT2D eigenvalue weighted by molar-refractivity contribution is 5.99. The molecule has 30 heavy (non-hydrogen) atoms. The van der Waals surface area contributed by atoms with Crippen LogP contribution in [0.15, 0.2) is 60.7 Å². The van der Waals surface area contributed by atoms with E-state index in [1.54, 1.807) is 74.5 Å². The van der Waals surface area contributed by atoms with Crippen LogP contribution in [0, 0.1) is 0 Å². The Bertz CT molecular complexity index is 935. The number of hydrogen-bond acceptors (Lipinski definition) is 5. The fraction of sp³-hybridized carbons (Fsp3) is 0.286. The molecule has 9 heteroatoms. The zero-order valence-electron chi connectivity index (χ0n) is 16.9. The Morgan fingerprint density at radius 3 is 2.17 bits per heavy atom. The molecule has 9 nitrogen and oxygen atoms in total. The Labute approximate surface area is 174 Å². The summed E-state index contributed by atoms with van der Waals surface area (Å²) in [6.45, 7) is 4.49. The summed E-state index contributed by atoms with van der Waals surface area (Å²) < 4.78 is 0. The maximum atomic E-state index is 13.3. The summed E-state index contributed by atoms with van der Waals surface area (Å²) in [5.74, 6) is -1.44. The lowest BCUT2D eigenvalue weighted by molar-refractivity contribution is -0.311. The predicted octanol–water partition coefficient (Wildman–Crippen LogP) is 2.09. The van der Waals surface area contributed by atoms with Crippen molar-refractivity contribution in [3.63, 3.8) is 0 Å². The number of benzene rings is 2. The van der Waals surface area contributed by atoms with E-state index in [9.17, 15) is 24.7 Å². The Balaban J connectivity index is 2.02. The molecule has 0 spiro atoms. The monoisotopic (exact) mass is 411 g/mol. The van der Waals surface area contributed by atoms with Gasteiger partial charge in [-0.05, 0) is 45.0 Å². The minimum Gasteiger partial charge on any atom is -0.548 e. The van der Waals surface area contributed by atoms with Gasteiger partial charge in [0.15, 0.2) is 6.17 Å². The Hall–Kier alpha value is -3.59. The molecule has 3 rings (SSSR count). The molecule has 1 fully saturated rings. The average molecular weight is 411 g/mol. The van der Waals surface area contributed by atoms with Gasteiger partial charge in [0.05, 0.1) is 17.6 Å². The first-order valence-corrected chi connectivity index (χ1v) is 9.39. The summed E-state index contributed by atoms with van der Waals surface area (Å²) in [5, 5.41) is 25.4. The molecular formula is C21H23N4O5-. The van der Waals surface area contributed by atoms with Crippen molar-refractivity contribution in [1.82, 2.24) is 9.96 Å². The van der Waals surface area contributed by atoms with Gasteiger partial charge in [0, 0.05) is 11.4 Å². The third-order valence-corrected chi connectivity index (χ3v) is 5.14. The summed E-state index contributed by atoms with van der Waals surface area (Å²) in [5.41, 5.74) is -0.412. The van der Waals surface area contributed by atoms with Gasteiger partial charge in [-0.15, -0.1) is 0 Å². The van der Waals surface area contributed by atoms with Gasteiger partial charge in [0.25, 0.3) is 0 Å². The second-order valence-corrected chi connectivity index (χ2v) is 7.52. The molecule has 0 unspecified atom stereocenters. The van der Waals surface area contributed by atoms with E-state index in [1.165, 1.54) is 11.8 Å². The lowest BCUT2D eigenvalue weighted by atomic mass is 9.98. The molecular weight excluding hydrogens is 388 g/mol. The number of carboxylic acids is 1. The molecule has 0 saturated carbocycles. The van der Waals surface area contributed by atoms with Gasteiger partial charge in [-0.25, -0.2) is 9.59 Å². The molecule has 158 valence electrons. The van der Waals surface area contributed by atoms with Gasteiger partial charge in [-0.2, -0.15) is 5.06 Å². The van der Waals surface area contributed by atoms with Crippen molar-refractivity contribution in [1.29, 1.82) is 0 Å². The van der Waals surface area contributed by atoms with Crippen LogP contribution in [-0.4, -0.2) is 50.9 Å². The number of nitrogens with one attached hydrogen (secondary N) is 1. The van der Waals surface area contributed by atoms with Gasteiger partial charge in [0.2, 0.25) is 0 Å². The first kappa shape index (κ1) is 21.1. The SMILES string of the molecule is C[C@H](C(=O)[O-])N1C(=O)N(c2ccccc2)[C@@H](N(O)C(=O)Nc2ccccc2)C1(C)C. The highest BCUT2D eigenvalue weighted by atomic mass is 16.5. The van der Waals surface area contributed by atoms with Crippen LogP contribution in [0.1, 0.15) is 20.8 Å². The van der Waals surface area contributed by atoms with Crippen molar-refractivity contribution >= 4 is 29.4 Å². The number of amides is 4. The standard InChI is InChI=1S/C21H24N4O5/c1-14(17(26)27)24-20(29)23(16-12-8-5-9-13-16)18(21(24,2)3)25(30)19(28)22-15-10-6-4-7-11-15/h4-14,18,30H,1-3H3,(H,22,28)(H,26,27)/p-1/t14-,18+/m1/s1. The van der Waals surface area contributed by atoms with Crippen molar-refractivity contribution in [2.24, 2.45) is 0 Å². The van der Waals surface area contributed by atoms with Crippen LogP contribution < -0.4 is 15.3 Å². The molecule has 2 aromatic rings. The van der Waals surface area contributed by atoms with Crippen molar-refractivity contribution in [3.8, 4) is 0 Å². The maximum absolute atomic E-state index is 13.3. The third kappa shape index (κ3) is 3.67. The number of hydrogen-bond donors (Lipinski definition) is 2. The molecule has 2 atom stereocenters. The number of carbonyl (C=O) groups excluding carboxylic acids is 3. The fourth-order valence-electron chi connectivity index (χ4n) is 3.74. The Kier molecular flexibility index (Phi) is 5.66. The van der Waals surface area contributed by atoms with Crippen molar-refractivity contribution in [2.45, 2.75) is 38.5 Å². The maximum Gasteiger partial charge on any atom is 0.347 e. The molecule has 1 saturated heterocycles. The van der Waals surface area contributed by atoms with Crippen LogP contribution in [0.3, 0.4) is 0 Å². The van der Waals surface area contributed by atoms with Crippen LogP contribution in [0.25, 0.3) is 0 Å². The second-order valence-electron chi connectivity index (χ2n) is 7.52. The molecule has 2 N–H and O–H groups in total. The quantitative estimate of drug-likeness (QED) is 0.577. The number of anilines is 2. The number of nitrogens with zero attached hydrogens (tertiary/aromatic N) is 3. The summed E-state index contributed by atoms with van der Waals surface area (Å²) in [4.78, 5) is 39.8.